The summed E-state index contributed by atoms with van der Waals surface area (Å²) in [5.41, 5.74) is 12.8. The van der Waals surface area contributed by atoms with Gasteiger partial charge in [0.2, 0.25) is 0 Å². The normalized spacial score (nSPS) is 9.09. The first kappa shape index (κ1) is 58.7. The van der Waals surface area contributed by atoms with Gasteiger partial charge in [-0.05, 0) is 150 Å². The van der Waals surface area contributed by atoms with E-state index in [0.717, 1.165) is 85.1 Å². The van der Waals surface area contributed by atoms with E-state index in [1.807, 2.05) is 159 Å². The molecule has 0 saturated heterocycles. The number of hydrogen-bond donors (Lipinski definition) is 0. The van der Waals surface area contributed by atoms with Gasteiger partial charge in [0.25, 0.3) is 0 Å². The van der Waals surface area contributed by atoms with Gasteiger partial charge < -0.3 is 0 Å². The van der Waals surface area contributed by atoms with E-state index in [2.05, 4.69) is 89.7 Å². The molecule has 9 aromatic rings. The first-order valence-corrected chi connectivity index (χ1v) is 21.6. The van der Waals surface area contributed by atoms with E-state index in [4.69, 9.17) is 0 Å². The van der Waals surface area contributed by atoms with E-state index >= 15 is 0 Å². The third-order valence-electron chi connectivity index (χ3n) is 8.10. The lowest BCUT2D eigenvalue weighted by atomic mass is 10.3. The zero-order valence-electron chi connectivity index (χ0n) is 42.7. The molecule has 0 aliphatic rings. The Morgan fingerprint density at radius 1 is 0.261 bits per heavy atom. The van der Waals surface area contributed by atoms with Crippen LogP contribution in [0.1, 0.15) is 85.1 Å². The fourth-order valence-corrected chi connectivity index (χ4v) is 4.10. The molecule has 0 unspecified atom stereocenters. The van der Waals surface area contributed by atoms with Crippen LogP contribution in [-0.2, 0) is 0 Å². The standard InChI is InChI=1S/6C6H8N2.3C5H6N2/c2*1-5-3-7-4-8-6(5)2;1-5-3-6(2)8-4-7-5;2*1-5-3-7-6(2)8-4-5;1-5-3-4-7-6(2)8-5;1-5-2-6-4-7-3-5;1-5-4-6-2-3-7-5;1-5-2-3-6-4-7-5/h6*3-4H,1-2H3;3*2-4H,1H3. The van der Waals surface area contributed by atoms with Crippen LogP contribution in [0.4, 0.5) is 0 Å². The van der Waals surface area contributed by atoms with Crippen molar-refractivity contribution in [3.8, 4) is 0 Å². The Hall–Kier alpha value is -8.28. The Labute approximate surface area is 407 Å². The van der Waals surface area contributed by atoms with Crippen molar-refractivity contribution in [1.82, 2.24) is 89.7 Å². The number of aryl methyl sites for hydroxylation is 15. The highest BCUT2D eigenvalue weighted by Crippen LogP contribution is 1.97. The van der Waals surface area contributed by atoms with Crippen molar-refractivity contribution in [3.63, 3.8) is 0 Å². The van der Waals surface area contributed by atoms with E-state index in [9.17, 15) is 0 Å². The van der Waals surface area contributed by atoms with E-state index in [0.29, 0.717) is 0 Å². The van der Waals surface area contributed by atoms with E-state index < -0.39 is 0 Å². The van der Waals surface area contributed by atoms with Gasteiger partial charge in [-0.3, -0.25) is 9.97 Å². The minimum Gasteiger partial charge on any atom is -0.261 e. The molecule has 9 aromatic heterocycles. The fraction of sp³-hybridized carbons (Fsp3) is 0.294. The van der Waals surface area contributed by atoms with Crippen molar-refractivity contribution in [1.29, 1.82) is 0 Å². The van der Waals surface area contributed by atoms with Crippen LogP contribution in [0.5, 0.6) is 0 Å². The van der Waals surface area contributed by atoms with Crippen molar-refractivity contribution in [2.24, 2.45) is 0 Å². The molecule has 9 heterocycles. The Morgan fingerprint density at radius 2 is 0.710 bits per heavy atom. The van der Waals surface area contributed by atoms with Gasteiger partial charge in [-0.15, -0.1) is 0 Å². The van der Waals surface area contributed by atoms with Gasteiger partial charge in [-0.1, -0.05) is 0 Å². The predicted molar refractivity (Wildman–Crippen MR) is 269 cm³/mol. The Kier molecular flexibility index (Phi) is 30.6. The predicted octanol–water partition coefficient (Wildman–Crippen LogP) is 8.92. The molecule has 0 atom stereocenters. The highest BCUT2D eigenvalue weighted by atomic mass is 14.9. The molecule has 0 saturated carbocycles. The smallest absolute Gasteiger partial charge is 0.125 e. The summed E-state index contributed by atoms with van der Waals surface area (Å²) in [5, 5.41) is 0. The summed E-state index contributed by atoms with van der Waals surface area (Å²) >= 11 is 0. The molecule has 0 radical (unpaired) electrons. The number of nitrogens with zero attached hydrogens (tertiary/aromatic N) is 18. The van der Waals surface area contributed by atoms with Gasteiger partial charge in [-0.2, -0.15) is 0 Å². The molecular formula is C51H66N18. The molecule has 0 aromatic carbocycles. The topological polar surface area (TPSA) is 232 Å². The maximum Gasteiger partial charge on any atom is 0.125 e. The van der Waals surface area contributed by atoms with Crippen molar-refractivity contribution in [2.45, 2.75) is 104 Å². The minimum absolute atomic E-state index is 0.829. The molecule has 0 aliphatic carbocycles. The maximum atomic E-state index is 4.06. The van der Waals surface area contributed by atoms with Crippen LogP contribution in [0.15, 0.2) is 130 Å². The SMILES string of the molecule is Cc1cc(C)ncn1.Cc1ccnc(C)n1.Cc1ccncn1.Cc1cnc(C)nc1.Cc1cnc(C)nc1.Cc1cnccn1.Cc1cncnc1.Cc1cncnc1C.Cc1cncnc1C. The van der Waals surface area contributed by atoms with Crippen LogP contribution >= 0.6 is 0 Å². The molecule has 0 amide bonds. The molecule has 69 heavy (non-hydrogen) atoms. The summed E-state index contributed by atoms with van der Waals surface area (Å²) < 4.78 is 0. The monoisotopic (exact) mass is 931 g/mol. The summed E-state index contributed by atoms with van der Waals surface area (Å²) in [4.78, 5) is 70.2. The van der Waals surface area contributed by atoms with Crippen molar-refractivity contribution < 1.29 is 0 Å². The molecule has 9 rings (SSSR count). The number of hydrogen-bond acceptors (Lipinski definition) is 18. The number of aromatic nitrogens is 18. The quantitative estimate of drug-likeness (QED) is 0.138. The van der Waals surface area contributed by atoms with E-state index in [-0.39, 0.29) is 0 Å². The second-order valence-corrected chi connectivity index (χ2v) is 14.9. The molecule has 0 N–H and O–H groups in total. The molecule has 18 heteroatoms. The summed E-state index contributed by atoms with van der Waals surface area (Å²) in [6, 6.07) is 5.69. The largest absolute Gasteiger partial charge is 0.261 e. The average molecular weight is 931 g/mol. The van der Waals surface area contributed by atoms with Crippen molar-refractivity contribution >= 4 is 0 Å². The van der Waals surface area contributed by atoms with Gasteiger partial charge in [-0.25, -0.2) is 79.7 Å². The highest BCUT2D eigenvalue weighted by molar-refractivity contribution is 5.11. The summed E-state index contributed by atoms with van der Waals surface area (Å²) in [5.74, 6) is 2.50. The molecule has 18 nitrogen and oxygen atoms in total. The molecule has 0 bridgehead atoms. The van der Waals surface area contributed by atoms with Gasteiger partial charge in [0.1, 0.15) is 49.1 Å². The zero-order chi connectivity index (χ0) is 51.2. The van der Waals surface area contributed by atoms with E-state index in [1.165, 1.54) is 12.7 Å². The van der Waals surface area contributed by atoms with E-state index in [1.54, 1.807) is 62.4 Å². The maximum absolute atomic E-state index is 4.06. The average Bonchev–Trinajstić information content (AvgIpc) is 3.33. The Bertz CT molecular complexity index is 2320. The Balaban J connectivity index is 0.000000388. The summed E-state index contributed by atoms with van der Waals surface area (Å²) in [6.45, 7) is 29.2. The second kappa shape index (κ2) is 35.9. The molecule has 0 aliphatic heterocycles. The highest BCUT2D eigenvalue weighted by Gasteiger charge is 1.89. The first-order chi connectivity index (χ1) is 32.9. The lowest BCUT2D eigenvalue weighted by Gasteiger charge is -1.91. The summed E-state index contributed by atoms with van der Waals surface area (Å²) in [7, 11) is 0. The van der Waals surface area contributed by atoms with Gasteiger partial charge in [0.15, 0.2) is 0 Å². The third kappa shape index (κ3) is 32.9. The Morgan fingerprint density at radius 3 is 0.957 bits per heavy atom. The van der Waals surface area contributed by atoms with Crippen LogP contribution in [0.25, 0.3) is 0 Å². The van der Waals surface area contributed by atoms with Crippen LogP contribution in [0.3, 0.4) is 0 Å². The van der Waals surface area contributed by atoms with Crippen LogP contribution < -0.4 is 0 Å². The lowest BCUT2D eigenvalue weighted by molar-refractivity contribution is 1.01. The second-order valence-electron chi connectivity index (χ2n) is 14.9. The van der Waals surface area contributed by atoms with Crippen molar-refractivity contribution in [3.05, 3.63) is 216 Å². The molecule has 0 spiro atoms. The summed E-state index contributed by atoms with van der Waals surface area (Å²) in [6.07, 6.45) is 30.7. The van der Waals surface area contributed by atoms with Gasteiger partial charge in [0.05, 0.1) is 5.69 Å². The number of rotatable bonds is 0. The van der Waals surface area contributed by atoms with Crippen LogP contribution in [0, 0.1) is 104 Å². The zero-order valence-corrected chi connectivity index (χ0v) is 42.7. The molecule has 360 valence electrons. The van der Waals surface area contributed by atoms with Gasteiger partial charge in [0, 0.05) is 115 Å². The minimum atomic E-state index is 0.829. The van der Waals surface area contributed by atoms with Gasteiger partial charge >= 0.3 is 0 Å². The van der Waals surface area contributed by atoms with Crippen LogP contribution in [0.2, 0.25) is 0 Å². The first-order valence-electron chi connectivity index (χ1n) is 21.6. The fourth-order valence-electron chi connectivity index (χ4n) is 4.10. The molecular weight excluding hydrogens is 865 g/mol. The van der Waals surface area contributed by atoms with Crippen LogP contribution in [-0.4, -0.2) is 89.7 Å². The lowest BCUT2D eigenvalue weighted by Crippen LogP contribution is -1.86. The van der Waals surface area contributed by atoms with Crippen molar-refractivity contribution in [2.75, 3.05) is 0 Å². The third-order valence-corrected chi connectivity index (χ3v) is 8.10. The molecule has 0 fully saturated rings.